The number of aromatic hydroxyl groups is 1. The molecule has 0 spiro atoms. The molecule has 1 aromatic heterocycles. The summed E-state index contributed by atoms with van der Waals surface area (Å²) in [6.45, 7) is 8.90. The monoisotopic (exact) mass is 325 g/mol. The SMILES string of the molecule is C=CCC(=C)C=Cc1c(COP(=O)(O)OC)cnc(C)c1O. The summed E-state index contributed by atoms with van der Waals surface area (Å²) in [6.07, 6.45) is 7.19. The van der Waals surface area contributed by atoms with Gasteiger partial charge in [0, 0.05) is 24.4 Å². The first-order chi connectivity index (χ1) is 10.3. The number of phosphoric acid groups is 1. The third-order valence-corrected chi connectivity index (χ3v) is 3.78. The summed E-state index contributed by atoms with van der Waals surface area (Å²) in [6, 6.07) is 0. The van der Waals surface area contributed by atoms with E-state index in [2.05, 4.69) is 22.7 Å². The van der Waals surface area contributed by atoms with Crippen molar-refractivity contribution in [1.29, 1.82) is 0 Å². The van der Waals surface area contributed by atoms with Crippen LogP contribution in [0.25, 0.3) is 6.08 Å². The van der Waals surface area contributed by atoms with E-state index >= 15 is 0 Å². The Morgan fingerprint density at radius 1 is 1.55 bits per heavy atom. The van der Waals surface area contributed by atoms with Crippen LogP contribution in [0.3, 0.4) is 0 Å². The number of hydrogen-bond donors (Lipinski definition) is 2. The van der Waals surface area contributed by atoms with Gasteiger partial charge in [-0.1, -0.05) is 30.4 Å². The molecule has 0 fully saturated rings. The lowest BCUT2D eigenvalue weighted by Gasteiger charge is -2.12. The number of allylic oxidation sites excluding steroid dienone is 3. The lowest BCUT2D eigenvalue weighted by Crippen LogP contribution is -1.98. The normalized spacial score (nSPS) is 14.0. The summed E-state index contributed by atoms with van der Waals surface area (Å²) in [4.78, 5) is 13.3. The zero-order valence-corrected chi connectivity index (χ0v) is 13.5. The Morgan fingerprint density at radius 2 is 2.23 bits per heavy atom. The van der Waals surface area contributed by atoms with Crippen LogP contribution in [0, 0.1) is 6.92 Å². The molecule has 0 aliphatic carbocycles. The van der Waals surface area contributed by atoms with Crippen molar-refractivity contribution in [3.63, 3.8) is 0 Å². The summed E-state index contributed by atoms with van der Waals surface area (Å²) < 4.78 is 20.5. The second-order valence-corrected chi connectivity index (χ2v) is 6.10. The predicted molar refractivity (Wildman–Crippen MR) is 85.3 cm³/mol. The highest BCUT2D eigenvalue weighted by Crippen LogP contribution is 2.43. The molecule has 0 aliphatic heterocycles. The topological polar surface area (TPSA) is 88.9 Å². The van der Waals surface area contributed by atoms with Crippen molar-refractivity contribution >= 4 is 13.9 Å². The van der Waals surface area contributed by atoms with Gasteiger partial charge in [0.1, 0.15) is 5.75 Å². The van der Waals surface area contributed by atoms with Gasteiger partial charge in [0.05, 0.1) is 12.3 Å². The van der Waals surface area contributed by atoms with Crippen molar-refractivity contribution in [2.24, 2.45) is 0 Å². The van der Waals surface area contributed by atoms with Gasteiger partial charge in [0.2, 0.25) is 0 Å². The molecule has 2 N–H and O–H groups in total. The van der Waals surface area contributed by atoms with Gasteiger partial charge in [-0.05, 0) is 13.3 Å². The maximum absolute atomic E-state index is 11.4. The van der Waals surface area contributed by atoms with E-state index in [0.29, 0.717) is 23.2 Å². The summed E-state index contributed by atoms with van der Waals surface area (Å²) >= 11 is 0. The van der Waals surface area contributed by atoms with Crippen LogP contribution in [0.1, 0.15) is 23.2 Å². The fraction of sp³-hybridized carbons (Fsp3) is 0.267. The molecule has 0 saturated carbocycles. The van der Waals surface area contributed by atoms with Crippen LogP contribution in [-0.4, -0.2) is 22.1 Å². The molecule has 1 rings (SSSR count). The minimum atomic E-state index is -4.10. The Kier molecular flexibility index (Phi) is 6.71. The molecule has 0 radical (unpaired) electrons. The van der Waals surface area contributed by atoms with Crippen molar-refractivity contribution in [2.75, 3.05) is 7.11 Å². The third-order valence-electron chi connectivity index (χ3n) is 2.86. The summed E-state index contributed by atoms with van der Waals surface area (Å²) in [5.74, 6) is -0.0195. The Morgan fingerprint density at radius 3 is 2.82 bits per heavy atom. The number of phosphoric ester groups is 1. The van der Waals surface area contributed by atoms with Crippen molar-refractivity contribution in [1.82, 2.24) is 4.98 Å². The zero-order valence-electron chi connectivity index (χ0n) is 12.7. The van der Waals surface area contributed by atoms with E-state index in [1.807, 2.05) is 0 Å². The maximum Gasteiger partial charge on any atom is 0.472 e. The van der Waals surface area contributed by atoms with E-state index in [1.54, 1.807) is 25.2 Å². The van der Waals surface area contributed by atoms with E-state index in [-0.39, 0.29) is 12.4 Å². The fourth-order valence-electron chi connectivity index (χ4n) is 1.61. The van der Waals surface area contributed by atoms with Gasteiger partial charge >= 0.3 is 7.82 Å². The van der Waals surface area contributed by atoms with Crippen molar-refractivity contribution in [2.45, 2.75) is 20.0 Å². The molecule has 1 aromatic rings. The van der Waals surface area contributed by atoms with Crippen LogP contribution >= 0.6 is 7.82 Å². The van der Waals surface area contributed by atoms with Gasteiger partial charge in [-0.25, -0.2) is 4.57 Å². The first kappa shape index (κ1) is 18.3. The van der Waals surface area contributed by atoms with E-state index in [1.165, 1.54) is 6.20 Å². The van der Waals surface area contributed by atoms with E-state index < -0.39 is 7.82 Å². The van der Waals surface area contributed by atoms with E-state index in [9.17, 15) is 14.6 Å². The Balaban J connectivity index is 3.07. The zero-order chi connectivity index (χ0) is 16.8. The molecule has 7 heteroatoms. The predicted octanol–water partition coefficient (Wildman–Crippen LogP) is 3.50. The molecule has 1 atom stereocenters. The highest BCUT2D eigenvalue weighted by molar-refractivity contribution is 7.47. The van der Waals surface area contributed by atoms with Gasteiger partial charge in [0.15, 0.2) is 0 Å². The van der Waals surface area contributed by atoms with Crippen LogP contribution in [0.4, 0.5) is 0 Å². The molecule has 120 valence electrons. The molecule has 0 amide bonds. The minimum absolute atomic E-state index is 0.0195. The average Bonchev–Trinajstić information content (AvgIpc) is 2.47. The third kappa shape index (κ3) is 5.24. The molecule has 0 aliphatic rings. The highest BCUT2D eigenvalue weighted by Gasteiger charge is 2.20. The second-order valence-electron chi connectivity index (χ2n) is 4.54. The Labute approximate surface area is 130 Å². The molecule has 0 saturated heterocycles. The number of rotatable bonds is 8. The van der Waals surface area contributed by atoms with Crippen LogP contribution in [0.2, 0.25) is 0 Å². The maximum atomic E-state index is 11.4. The number of aryl methyl sites for hydroxylation is 1. The summed E-state index contributed by atoms with van der Waals surface area (Å²) in [5.41, 5.74) is 2.16. The van der Waals surface area contributed by atoms with Crippen LogP contribution < -0.4 is 0 Å². The van der Waals surface area contributed by atoms with Gasteiger partial charge < -0.3 is 10.00 Å². The standard InChI is InChI=1S/C15H20NO5P/c1-5-6-11(2)7-8-14-13(9-16-12(3)15(14)17)10-21-22(18,19)20-4/h5,7-9,17H,1-2,6,10H2,3-4H3,(H,18,19). The molecule has 22 heavy (non-hydrogen) atoms. The molecule has 6 nitrogen and oxygen atoms in total. The Hall–Kier alpha value is -1.72. The fourth-order valence-corrected chi connectivity index (χ4v) is 2.02. The number of hydrogen-bond acceptors (Lipinski definition) is 5. The Bertz CT molecular complexity index is 639. The van der Waals surface area contributed by atoms with E-state index in [4.69, 9.17) is 4.52 Å². The average molecular weight is 325 g/mol. The van der Waals surface area contributed by atoms with Gasteiger partial charge in [-0.3, -0.25) is 14.0 Å². The molecular weight excluding hydrogens is 305 g/mol. The number of nitrogens with zero attached hydrogens (tertiary/aromatic N) is 1. The molecule has 1 unspecified atom stereocenters. The molecule has 1 heterocycles. The van der Waals surface area contributed by atoms with E-state index in [0.717, 1.165) is 12.7 Å². The number of aromatic nitrogens is 1. The lowest BCUT2D eigenvalue weighted by molar-refractivity contribution is 0.166. The van der Waals surface area contributed by atoms with Crippen LogP contribution in [0.15, 0.2) is 37.1 Å². The lowest BCUT2D eigenvalue weighted by atomic mass is 10.1. The van der Waals surface area contributed by atoms with Gasteiger partial charge in [-0.15, -0.1) is 6.58 Å². The largest absolute Gasteiger partial charge is 0.505 e. The summed E-state index contributed by atoms with van der Waals surface area (Å²) in [5, 5.41) is 10.1. The van der Waals surface area contributed by atoms with Crippen molar-refractivity contribution in [3.05, 3.63) is 53.9 Å². The smallest absolute Gasteiger partial charge is 0.472 e. The second kappa shape index (κ2) is 8.06. The van der Waals surface area contributed by atoms with Crippen LogP contribution in [-0.2, 0) is 20.2 Å². The highest BCUT2D eigenvalue weighted by atomic mass is 31.2. The van der Waals surface area contributed by atoms with Crippen molar-refractivity contribution < 1.29 is 23.6 Å². The van der Waals surface area contributed by atoms with Crippen molar-refractivity contribution in [3.8, 4) is 5.75 Å². The van der Waals surface area contributed by atoms with Gasteiger partial charge in [-0.2, -0.15) is 0 Å². The summed E-state index contributed by atoms with van der Waals surface area (Å²) in [7, 11) is -3.02. The minimum Gasteiger partial charge on any atom is -0.505 e. The first-order valence-corrected chi connectivity index (χ1v) is 7.97. The molecular formula is C15H20NO5P. The quantitative estimate of drug-likeness (QED) is 0.432. The van der Waals surface area contributed by atoms with Gasteiger partial charge in [0.25, 0.3) is 0 Å². The number of pyridine rings is 1. The first-order valence-electron chi connectivity index (χ1n) is 6.48. The van der Waals surface area contributed by atoms with Crippen LogP contribution in [0.5, 0.6) is 5.75 Å². The molecule has 0 bridgehead atoms. The molecule has 0 aromatic carbocycles.